The van der Waals surface area contributed by atoms with Crippen LogP contribution in [-0.4, -0.2) is 32.9 Å². The molecule has 166 valence electrons. The van der Waals surface area contributed by atoms with Gasteiger partial charge in [0.1, 0.15) is 0 Å². The second-order valence-electron chi connectivity index (χ2n) is 7.42. The Hall–Kier alpha value is -4.56. The molecule has 0 radical (unpaired) electrons. The molecule has 2 heterocycles. The molecule has 0 saturated heterocycles. The first-order valence-electron chi connectivity index (χ1n) is 10.3. The first-order valence-corrected chi connectivity index (χ1v) is 11.1. The highest BCUT2D eigenvalue weighted by Crippen LogP contribution is 2.34. The Morgan fingerprint density at radius 3 is 2.35 bits per heavy atom. The maximum Gasteiger partial charge on any atom is 0.335 e. The van der Waals surface area contributed by atoms with E-state index in [9.17, 15) is 14.7 Å². The van der Waals surface area contributed by atoms with Crippen LogP contribution in [-0.2, 0) is 0 Å². The highest BCUT2D eigenvalue weighted by molar-refractivity contribution is 7.10. The Balaban J connectivity index is 1.66. The van der Waals surface area contributed by atoms with Crippen LogP contribution >= 0.6 is 11.3 Å². The lowest BCUT2D eigenvalue weighted by atomic mass is 10.1. The molecule has 2 N–H and O–H groups in total. The molecule has 7 nitrogen and oxygen atoms in total. The summed E-state index contributed by atoms with van der Waals surface area (Å²) >= 11 is 1.15. The van der Waals surface area contributed by atoms with Crippen LogP contribution in [0.15, 0.2) is 88.8 Å². The van der Waals surface area contributed by atoms with E-state index in [0.29, 0.717) is 16.1 Å². The van der Waals surface area contributed by atoms with Crippen LogP contribution in [0.5, 0.6) is 5.88 Å². The Morgan fingerprint density at radius 2 is 1.62 bits per heavy atom. The van der Waals surface area contributed by atoms with Crippen LogP contribution in [0, 0.1) is 0 Å². The summed E-state index contributed by atoms with van der Waals surface area (Å²) in [6.07, 6.45) is 3.49. The van der Waals surface area contributed by atoms with Crippen LogP contribution in [0.1, 0.15) is 31.2 Å². The van der Waals surface area contributed by atoms with E-state index in [1.54, 1.807) is 54.8 Å². The summed E-state index contributed by atoms with van der Waals surface area (Å²) in [7, 11) is 0. The van der Waals surface area contributed by atoms with Crippen molar-refractivity contribution in [3.8, 4) is 5.88 Å². The summed E-state index contributed by atoms with van der Waals surface area (Å²) in [5.74, 6) is -1.70. The normalized spacial score (nSPS) is 13.9. The highest BCUT2D eigenvalue weighted by Gasteiger charge is 2.20. The van der Waals surface area contributed by atoms with Crippen molar-refractivity contribution in [1.29, 1.82) is 0 Å². The van der Waals surface area contributed by atoms with Gasteiger partial charge in [0.2, 0.25) is 10.7 Å². The summed E-state index contributed by atoms with van der Waals surface area (Å²) in [6, 6.07) is 22.3. The molecular weight excluding hydrogens is 450 g/mol. The van der Waals surface area contributed by atoms with Crippen LogP contribution in [0.25, 0.3) is 11.6 Å². The number of rotatable bonds is 4. The van der Waals surface area contributed by atoms with E-state index in [-0.39, 0.29) is 16.2 Å². The largest absolute Gasteiger partial charge is 0.493 e. The number of nitrogens with zero attached hydrogens (tertiary/aromatic N) is 3. The fraction of sp³-hybridized carbons (Fsp3) is 0. The minimum Gasteiger partial charge on any atom is -0.493 e. The van der Waals surface area contributed by atoms with Crippen LogP contribution < -0.4 is 4.80 Å². The van der Waals surface area contributed by atoms with Crippen molar-refractivity contribution < 1.29 is 19.8 Å². The number of aromatic nitrogens is 1. The Bertz CT molecular complexity index is 1550. The molecule has 8 heteroatoms. The molecule has 0 aliphatic carbocycles. The zero-order chi connectivity index (χ0) is 23.7. The number of carbonyl (C=O) groups is 2. The lowest BCUT2D eigenvalue weighted by molar-refractivity contribution is 0.0696. The number of aromatic carboxylic acids is 1. The van der Waals surface area contributed by atoms with Crippen molar-refractivity contribution in [3.05, 3.63) is 105 Å². The van der Waals surface area contributed by atoms with E-state index in [4.69, 9.17) is 5.11 Å². The number of aliphatic imine (C=N–C) groups is 1. The smallest absolute Gasteiger partial charge is 0.335 e. The summed E-state index contributed by atoms with van der Waals surface area (Å²) in [5, 5.41) is 20.2. The quantitative estimate of drug-likeness (QED) is 0.434. The highest BCUT2D eigenvalue weighted by atomic mass is 32.1. The number of hydrogen-bond donors (Lipinski definition) is 2. The van der Waals surface area contributed by atoms with Gasteiger partial charge in [-0.15, -0.1) is 0 Å². The van der Waals surface area contributed by atoms with Gasteiger partial charge in [0.15, 0.2) is 0 Å². The second kappa shape index (κ2) is 8.76. The van der Waals surface area contributed by atoms with Crippen molar-refractivity contribution in [2.45, 2.75) is 0 Å². The third-order valence-corrected chi connectivity index (χ3v) is 6.21. The Morgan fingerprint density at radius 1 is 0.912 bits per heavy atom. The van der Waals surface area contributed by atoms with Gasteiger partial charge in [-0.25, -0.2) is 14.4 Å². The molecule has 0 bridgehead atoms. The number of para-hydroxylation sites is 1. The molecular formula is C26H17N3O4S. The maximum atomic E-state index is 13.3. The fourth-order valence-electron chi connectivity index (χ4n) is 3.53. The third-order valence-electron chi connectivity index (χ3n) is 5.23. The van der Waals surface area contributed by atoms with Gasteiger partial charge in [0.25, 0.3) is 5.91 Å². The molecule has 0 spiro atoms. The average molecular weight is 468 g/mol. The fourth-order valence-corrected chi connectivity index (χ4v) is 4.51. The standard InChI is InChI=1S/C26H17N3O4S/c30-23(16-6-2-1-3-7-16)29-24(31)22(14-18-15-27-21-9-5-4-8-20(18)21)34-26(29)28-19-12-10-17(11-13-19)25(32)33/h1-15,31H,(H,32,33)/b18-14-,28-26?. The minimum atomic E-state index is -1.04. The van der Waals surface area contributed by atoms with E-state index in [2.05, 4.69) is 9.98 Å². The lowest BCUT2D eigenvalue weighted by Crippen LogP contribution is -2.23. The summed E-state index contributed by atoms with van der Waals surface area (Å²) < 4.78 is 1.16. The molecule has 1 aliphatic heterocycles. The molecule has 0 atom stereocenters. The molecule has 3 aromatic carbocycles. The third kappa shape index (κ3) is 3.98. The van der Waals surface area contributed by atoms with Crippen molar-refractivity contribution in [1.82, 2.24) is 4.57 Å². The molecule has 0 fully saturated rings. The number of allylic oxidation sites excluding steroid dienone is 1. The number of carbonyl (C=O) groups excluding carboxylic acids is 1. The number of fused-ring (bicyclic) bond motifs is 1. The number of thiazole rings is 1. The number of benzene rings is 3. The Labute approximate surface area is 198 Å². The van der Waals surface area contributed by atoms with E-state index < -0.39 is 11.9 Å². The average Bonchev–Trinajstić information content (AvgIpc) is 3.40. The van der Waals surface area contributed by atoms with Crippen molar-refractivity contribution >= 4 is 52.5 Å². The van der Waals surface area contributed by atoms with Crippen LogP contribution in [0.4, 0.5) is 11.4 Å². The predicted octanol–water partition coefficient (Wildman–Crippen LogP) is 5.13. The van der Waals surface area contributed by atoms with E-state index in [0.717, 1.165) is 32.7 Å². The molecule has 34 heavy (non-hydrogen) atoms. The van der Waals surface area contributed by atoms with Gasteiger partial charge in [-0.05, 0) is 48.5 Å². The van der Waals surface area contributed by atoms with Gasteiger partial charge < -0.3 is 10.2 Å². The van der Waals surface area contributed by atoms with Crippen molar-refractivity contribution in [2.24, 2.45) is 9.98 Å². The molecule has 0 amide bonds. The van der Waals surface area contributed by atoms with E-state index in [1.807, 2.05) is 24.3 Å². The predicted molar refractivity (Wildman–Crippen MR) is 131 cm³/mol. The van der Waals surface area contributed by atoms with Crippen LogP contribution in [0.2, 0.25) is 0 Å². The summed E-state index contributed by atoms with van der Waals surface area (Å²) in [6.45, 7) is 0. The number of carboxylic acid groups (broad SMARTS) is 1. The zero-order valence-corrected chi connectivity index (χ0v) is 18.4. The second-order valence-corrected chi connectivity index (χ2v) is 8.43. The SMILES string of the molecule is O=C(O)c1ccc(N=c2sc(/C=C3/C=Nc4ccccc43)c(O)n2C(=O)c2ccccc2)cc1. The van der Waals surface area contributed by atoms with E-state index >= 15 is 0 Å². The molecule has 5 rings (SSSR count). The topological polar surface area (TPSA) is 104 Å². The number of aromatic hydroxyl groups is 1. The van der Waals surface area contributed by atoms with Gasteiger partial charge in [-0.1, -0.05) is 47.7 Å². The van der Waals surface area contributed by atoms with Crippen molar-refractivity contribution in [2.75, 3.05) is 0 Å². The number of carboxylic acids is 1. The van der Waals surface area contributed by atoms with Crippen LogP contribution in [0.3, 0.4) is 0 Å². The zero-order valence-electron chi connectivity index (χ0n) is 17.6. The monoisotopic (exact) mass is 467 g/mol. The van der Waals surface area contributed by atoms with Gasteiger partial charge in [0, 0.05) is 22.9 Å². The molecule has 1 aromatic heterocycles. The van der Waals surface area contributed by atoms with Gasteiger partial charge in [-0.2, -0.15) is 0 Å². The molecule has 0 unspecified atom stereocenters. The summed E-state index contributed by atoms with van der Waals surface area (Å²) in [5.41, 5.74) is 3.55. The van der Waals surface area contributed by atoms with Gasteiger partial charge in [-0.3, -0.25) is 9.79 Å². The molecule has 4 aromatic rings. The van der Waals surface area contributed by atoms with Gasteiger partial charge >= 0.3 is 5.97 Å². The lowest BCUT2D eigenvalue weighted by Gasteiger charge is -2.04. The summed E-state index contributed by atoms with van der Waals surface area (Å²) in [4.78, 5) is 34.1. The molecule has 1 aliphatic rings. The maximum absolute atomic E-state index is 13.3. The van der Waals surface area contributed by atoms with Gasteiger partial charge in [0.05, 0.1) is 21.8 Å². The minimum absolute atomic E-state index is 0.130. The first kappa shape index (κ1) is 21.3. The first-order chi connectivity index (χ1) is 16.5. The Kier molecular flexibility index (Phi) is 5.49. The molecule has 0 saturated carbocycles. The van der Waals surface area contributed by atoms with E-state index in [1.165, 1.54) is 12.1 Å². The number of hydrogen-bond acceptors (Lipinski definition) is 6. The van der Waals surface area contributed by atoms with Crippen molar-refractivity contribution in [3.63, 3.8) is 0 Å².